The summed E-state index contributed by atoms with van der Waals surface area (Å²) in [5.41, 5.74) is 1.80. The Morgan fingerprint density at radius 1 is 1.43 bits per heavy atom. The molecule has 14 heavy (non-hydrogen) atoms. The molecule has 1 aromatic rings. The first-order valence-electron chi connectivity index (χ1n) is 3.99. The van der Waals surface area contributed by atoms with E-state index in [1.54, 1.807) is 6.07 Å². The van der Waals surface area contributed by atoms with Gasteiger partial charge in [0, 0.05) is 11.4 Å². The zero-order valence-electron chi connectivity index (χ0n) is 7.52. The quantitative estimate of drug-likeness (QED) is 0.729. The molecule has 0 fully saturated rings. The van der Waals surface area contributed by atoms with Gasteiger partial charge in [-0.25, -0.2) is 0 Å². The second-order valence-corrected chi connectivity index (χ2v) is 4.91. The number of benzene rings is 1. The molecule has 74 valence electrons. The molecule has 0 bridgehead atoms. The lowest BCUT2D eigenvalue weighted by Gasteiger charge is -2.12. The fourth-order valence-corrected chi connectivity index (χ4v) is 1.60. The van der Waals surface area contributed by atoms with Crippen molar-refractivity contribution in [2.45, 2.75) is 17.7 Å². The van der Waals surface area contributed by atoms with E-state index in [1.807, 2.05) is 25.1 Å². The molecule has 0 N–H and O–H groups in total. The SMILES string of the molecule is Cc1c(Cl)cccc1CC(Cl)(Cl)C#N. The van der Waals surface area contributed by atoms with Crippen LogP contribution in [0.4, 0.5) is 0 Å². The third-order valence-corrected chi connectivity index (χ3v) is 2.80. The van der Waals surface area contributed by atoms with Crippen molar-refractivity contribution in [3.8, 4) is 6.07 Å². The van der Waals surface area contributed by atoms with Crippen molar-refractivity contribution in [2.75, 3.05) is 0 Å². The van der Waals surface area contributed by atoms with Crippen LogP contribution in [-0.2, 0) is 6.42 Å². The largest absolute Gasteiger partial charge is 0.207 e. The van der Waals surface area contributed by atoms with Crippen LogP contribution in [-0.4, -0.2) is 4.33 Å². The van der Waals surface area contributed by atoms with Gasteiger partial charge in [0.2, 0.25) is 4.33 Å². The molecular weight excluding hydrogens is 240 g/mol. The maximum Gasteiger partial charge on any atom is 0.207 e. The fourth-order valence-electron chi connectivity index (χ4n) is 1.12. The molecule has 0 aliphatic rings. The molecule has 0 unspecified atom stereocenters. The maximum absolute atomic E-state index is 8.67. The normalized spacial score (nSPS) is 11.1. The minimum Gasteiger partial charge on any atom is -0.195 e. The van der Waals surface area contributed by atoms with Crippen LogP contribution in [0.1, 0.15) is 11.1 Å². The molecular formula is C10H8Cl3N. The third kappa shape index (κ3) is 2.78. The molecule has 0 heterocycles. The van der Waals surface area contributed by atoms with Gasteiger partial charge in [-0.2, -0.15) is 5.26 Å². The number of nitrogens with zero attached hydrogens (tertiary/aromatic N) is 1. The van der Waals surface area contributed by atoms with Gasteiger partial charge in [-0.1, -0.05) is 46.9 Å². The summed E-state index contributed by atoms with van der Waals surface area (Å²) in [4.78, 5) is 0. The van der Waals surface area contributed by atoms with Crippen LogP contribution >= 0.6 is 34.8 Å². The molecule has 4 heteroatoms. The Kier molecular flexibility index (Phi) is 3.66. The van der Waals surface area contributed by atoms with Crippen LogP contribution in [0.15, 0.2) is 18.2 Å². The Labute approximate surface area is 98.2 Å². The van der Waals surface area contributed by atoms with Gasteiger partial charge in [-0.05, 0) is 24.1 Å². The Balaban J connectivity index is 3.00. The van der Waals surface area contributed by atoms with E-state index >= 15 is 0 Å². The second-order valence-electron chi connectivity index (χ2n) is 3.02. The predicted octanol–water partition coefficient (Wildman–Crippen LogP) is 3.89. The van der Waals surface area contributed by atoms with Gasteiger partial charge in [-0.15, -0.1) is 0 Å². The van der Waals surface area contributed by atoms with E-state index in [-0.39, 0.29) is 6.42 Å². The monoisotopic (exact) mass is 247 g/mol. The zero-order chi connectivity index (χ0) is 10.8. The van der Waals surface area contributed by atoms with E-state index in [0.717, 1.165) is 11.1 Å². The minimum atomic E-state index is -1.38. The van der Waals surface area contributed by atoms with Crippen LogP contribution in [0.3, 0.4) is 0 Å². The van der Waals surface area contributed by atoms with E-state index in [4.69, 9.17) is 40.1 Å². The smallest absolute Gasteiger partial charge is 0.195 e. The zero-order valence-corrected chi connectivity index (χ0v) is 9.79. The first-order chi connectivity index (χ1) is 6.46. The number of hydrogen-bond donors (Lipinski definition) is 0. The first-order valence-corrected chi connectivity index (χ1v) is 5.13. The number of halogens is 3. The van der Waals surface area contributed by atoms with Crippen LogP contribution in [0.5, 0.6) is 0 Å². The summed E-state index contributed by atoms with van der Waals surface area (Å²) >= 11 is 17.4. The number of alkyl halides is 2. The van der Waals surface area contributed by atoms with Gasteiger partial charge >= 0.3 is 0 Å². The fraction of sp³-hybridized carbons (Fsp3) is 0.300. The summed E-state index contributed by atoms with van der Waals surface area (Å²) in [7, 11) is 0. The molecule has 1 nitrogen and oxygen atoms in total. The van der Waals surface area contributed by atoms with Crippen LogP contribution in [0.25, 0.3) is 0 Å². The standard InChI is InChI=1S/C10H8Cl3N/c1-7-8(3-2-4-9(7)11)5-10(12,13)6-14/h2-4H,5H2,1H3. The number of hydrogen-bond acceptors (Lipinski definition) is 1. The van der Waals surface area contributed by atoms with Crippen molar-refractivity contribution in [1.29, 1.82) is 5.26 Å². The third-order valence-electron chi connectivity index (χ3n) is 1.96. The summed E-state index contributed by atoms with van der Waals surface area (Å²) in [5.74, 6) is 0. The van der Waals surface area contributed by atoms with Crippen LogP contribution in [0, 0.1) is 18.3 Å². The summed E-state index contributed by atoms with van der Waals surface area (Å²) in [5, 5.41) is 9.33. The van der Waals surface area contributed by atoms with Gasteiger partial charge in [-0.3, -0.25) is 0 Å². The van der Waals surface area contributed by atoms with E-state index in [0.29, 0.717) is 5.02 Å². The highest BCUT2D eigenvalue weighted by Crippen LogP contribution is 2.28. The Morgan fingerprint density at radius 2 is 2.07 bits per heavy atom. The summed E-state index contributed by atoms with van der Waals surface area (Å²) in [6.07, 6.45) is 0.277. The number of nitriles is 1. The Morgan fingerprint density at radius 3 is 2.64 bits per heavy atom. The van der Waals surface area contributed by atoms with Gasteiger partial charge in [0.15, 0.2) is 0 Å². The van der Waals surface area contributed by atoms with Crippen molar-refractivity contribution in [3.05, 3.63) is 34.3 Å². The highest BCUT2D eigenvalue weighted by atomic mass is 35.5. The van der Waals surface area contributed by atoms with E-state index < -0.39 is 4.33 Å². The number of rotatable bonds is 2. The minimum absolute atomic E-state index is 0.277. The molecule has 0 saturated heterocycles. The Bertz CT molecular complexity index is 379. The molecule has 0 aliphatic carbocycles. The van der Waals surface area contributed by atoms with Gasteiger partial charge in [0.25, 0.3) is 0 Å². The highest BCUT2D eigenvalue weighted by Gasteiger charge is 2.24. The van der Waals surface area contributed by atoms with Crippen LogP contribution in [0.2, 0.25) is 5.02 Å². The van der Waals surface area contributed by atoms with E-state index in [1.165, 1.54) is 0 Å². The predicted molar refractivity (Wildman–Crippen MR) is 59.9 cm³/mol. The molecule has 1 aromatic carbocycles. The lowest BCUT2D eigenvalue weighted by atomic mass is 10.0. The van der Waals surface area contributed by atoms with E-state index in [2.05, 4.69) is 0 Å². The van der Waals surface area contributed by atoms with Gasteiger partial charge in [0.1, 0.15) is 6.07 Å². The van der Waals surface area contributed by atoms with Gasteiger partial charge in [0.05, 0.1) is 0 Å². The van der Waals surface area contributed by atoms with Crippen molar-refractivity contribution < 1.29 is 0 Å². The first kappa shape index (κ1) is 11.7. The molecule has 0 saturated carbocycles. The van der Waals surface area contributed by atoms with Crippen molar-refractivity contribution in [1.82, 2.24) is 0 Å². The van der Waals surface area contributed by atoms with Crippen molar-refractivity contribution in [3.63, 3.8) is 0 Å². The molecule has 0 atom stereocenters. The molecule has 0 spiro atoms. The summed E-state index contributed by atoms with van der Waals surface area (Å²) in [6, 6.07) is 7.28. The summed E-state index contributed by atoms with van der Waals surface area (Å²) < 4.78 is -1.38. The molecule has 0 aromatic heterocycles. The summed E-state index contributed by atoms with van der Waals surface area (Å²) in [6.45, 7) is 1.87. The molecule has 0 radical (unpaired) electrons. The maximum atomic E-state index is 8.67. The molecule has 1 rings (SSSR count). The van der Waals surface area contributed by atoms with Crippen LogP contribution < -0.4 is 0 Å². The lowest BCUT2D eigenvalue weighted by molar-refractivity contribution is 0.936. The average molecular weight is 249 g/mol. The Hall–Kier alpha value is -0.420. The lowest BCUT2D eigenvalue weighted by Crippen LogP contribution is -2.14. The topological polar surface area (TPSA) is 23.8 Å². The highest BCUT2D eigenvalue weighted by molar-refractivity contribution is 6.50. The molecule has 0 amide bonds. The molecule has 0 aliphatic heterocycles. The van der Waals surface area contributed by atoms with Crippen molar-refractivity contribution in [2.24, 2.45) is 0 Å². The average Bonchev–Trinajstić information content (AvgIpc) is 2.13. The second kappa shape index (κ2) is 4.40. The van der Waals surface area contributed by atoms with Crippen molar-refractivity contribution >= 4 is 34.8 Å². The van der Waals surface area contributed by atoms with Gasteiger partial charge < -0.3 is 0 Å². The van der Waals surface area contributed by atoms with E-state index in [9.17, 15) is 0 Å².